The quantitative estimate of drug-likeness (QED) is 0.536. The summed E-state index contributed by atoms with van der Waals surface area (Å²) in [5.41, 5.74) is 0. The third-order valence-electron chi connectivity index (χ3n) is 0.981. The van der Waals surface area contributed by atoms with E-state index in [9.17, 15) is 13.2 Å². The Labute approximate surface area is 59.4 Å². The highest BCUT2D eigenvalue weighted by Crippen LogP contribution is 2.23. The Morgan fingerprint density at radius 2 is 2.10 bits per heavy atom. The fourth-order valence-corrected chi connectivity index (χ4v) is 0.640. The van der Waals surface area contributed by atoms with Crippen LogP contribution in [-0.2, 0) is 15.6 Å². The minimum atomic E-state index is -2.87. The third kappa shape index (κ3) is 2.67. The third-order valence-corrected chi connectivity index (χ3v) is 1.35. The van der Waals surface area contributed by atoms with Crippen LogP contribution in [0.3, 0.4) is 0 Å². The number of hydrogen-bond acceptors (Lipinski definition) is 4. The zero-order valence-electron chi connectivity index (χ0n) is 5.07. The van der Waals surface area contributed by atoms with E-state index in [1.807, 2.05) is 0 Å². The molecule has 1 fully saturated rings. The molecule has 0 unspecified atom stereocenters. The Morgan fingerprint density at radius 1 is 1.50 bits per heavy atom. The first kappa shape index (κ1) is 7.33. The van der Waals surface area contributed by atoms with E-state index in [-0.39, 0.29) is 6.10 Å². The summed E-state index contributed by atoms with van der Waals surface area (Å²) in [5.74, 6) is 0. The number of hydrogen-bond donors (Lipinski definition) is 2. The van der Waals surface area contributed by atoms with Gasteiger partial charge in [0.2, 0.25) is 10.9 Å². The Kier molecular flexibility index (Phi) is 2.10. The van der Waals surface area contributed by atoms with Crippen molar-refractivity contribution < 1.29 is 17.9 Å². The molecule has 0 aliphatic heterocycles. The molecule has 1 N–H and O–H groups in total. The van der Waals surface area contributed by atoms with E-state index in [2.05, 4.69) is 4.74 Å². The lowest BCUT2D eigenvalue weighted by atomic mass is 10.8. The van der Waals surface area contributed by atoms with Crippen molar-refractivity contribution in [3.05, 3.63) is 0 Å². The fraction of sp³-hybridized carbons (Fsp3) is 0.750. The van der Waals surface area contributed by atoms with Gasteiger partial charge < -0.3 is 4.74 Å². The average Bonchev–Trinajstić information content (AvgIpc) is 2.46. The van der Waals surface area contributed by atoms with Crippen LogP contribution in [0.1, 0.15) is 12.8 Å². The van der Waals surface area contributed by atoms with Gasteiger partial charge in [0, 0.05) is 0 Å². The number of carbonyl (C=O) groups is 1. The van der Waals surface area contributed by atoms with Gasteiger partial charge in [0.05, 0.1) is 0 Å². The summed E-state index contributed by atoms with van der Waals surface area (Å²) in [7, 11) is -2.87. The normalized spacial score (nSPS) is 16.9. The molecule has 0 saturated heterocycles. The topological polar surface area (TPSA) is 72.5 Å². The van der Waals surface area contributed by atoms with Gasteiger partial charge in [-0.3, -0.25) is 0 Å². The van der Waals surface area contributed by atoms with Crippen molar-refractivity contribution in [2.24, 2.45) is 0 Å². The van der Waals surface area contributed by atoms with Gasteiger partial charge in [0.25, 0.3) is 0 Å². The average molecular weight is 165 g/mol. The van der Waals surface area contributed by atoms with E-state index in [4.69, 9.17) is 0 Å². The molecule has 1 rings (SSSR count). The monoisotopic (exact) mass is 165 g/mol. The van der Waals surface area contributed by atoms with E-state index in [0.717, 1.165) is 12.8 Å². The molecule has 58 valence electrons. The molecule has 0 radical (unpaired) electrons. The number of amides is 1. The van der Waals surface area contributed by atoms with Gasteiger partial charge in [-0.2, -0.15) is 0 Å². The molecule has 0 spiro atoms. The summed E-state index contributed by atoms with van der Waals surface area (Å²) < 4.78 is 25.8. The van der Waals surface area contributed by atoms with Crippen LogP contribution < -0.4 is 4.72 Å². The molecule has 5 nitrogen and oxygen atoms in total. The second-order valence-electron chi connectivity index (χ2n) is 1.97. The smallest absolute Gasteiger partial charge is 0.420 e. The van der Waals surface area contributed by atoms with Crippen molar-refractivity contribution in [3.63, 3.8) is 0 Å². The van der Waals surface area contributed by atoms with E-state index >= 15 is 0 Å². The first-order valence-corrected chi connectivity index (χ1v) is 3.98. The van der Waals surface area contributed by atoms with Crippen LogP contribution in [0.4, 0.5) is 4.79 Å². The Balaban J connectivity index is 2.20. The number of nitrogens with one attached hydrogen (secondary N) is 1. The van der Waals surface area contributed by atoms with Crippen molar-refractivity contribution in [1.82, 2.24) is 4.72 Å². The molecule has 0 heterocycles. The molecule has 1 aliphatic rings. The summed E-state index contributed by atoms with van der Waals surface area (Å²) >= 11 is 0. The summed E-state index contributed by atoms with van der Waals surface area (Å²) in [6.45, 7) is 0. The standard InChI is InChI=1S/C4H7NO4S/c6-4(5-10(7)8)9-3-1-2-3/h3,10H,1-2H2,(H,5,6,7,8). The molecule has 0 atom stereocenters. The Morgan fingerprint density at radius 3 is 2.50 bits per heavy atom. The number of ether oxygens (including phenoxy) is 1. The fourth-order valence-electron chi connectivity index (χ4n) is 0.438. The SMILES string of the molecule is O=C(N[SH](=O)=O)OC1CC1. The molecule has 10 heavy (non-hydrogen) atoms. The van der Waals surface area contributed by atoms with Crippen LogP contribution in [0.25, 0.3) is 0 Å². The molecule has 0 aromatic rings. The lowest BCUT2D eigenvalue weighted by molar-refractivity contribution is 0.145. The highest BCUT2D eigenvalue weighted by atomic mass is 32.2. The Hall–Kier alpha value is -0.780. The van der Waals surface area contributed by atoms with Crippen LogP contribution in [0, 0.1) is 0 Å². The Bertz CT molecular complexity index is 199. The molecular weight excluding hydrogens is 158 g/mol. The number of rotatable bonds is 2. The summed E-state index contributed by atoms with van der Waals surface area (Å²) in [4.78, 5) is 10.4. The second-order valence-corrected chi connectivity index (χ2v) is 2.71. The minimum absolute atomic E-state index is 0.0602. The molecule has 0 bridgehead atoms. The predicted octanol–water partition coefficient (Wildman–Crippen LogP) is -0.599. The van der Waals surface area contributed by atoms with Crippen LogP contribution in [0.15, 0.2) is 0 Å². The molecule has 1 amide bonds. The maximum atomic E-state index is 10.4. The number of carbonyl (C=O) groups excluding carboxylic acids is 1. The second kappa shape index (κ2) is 2.87. The summed E-state index contributed by atoms with van der Waals surface area (Å²) in [6, 6.07) is 0. The van der Waals surface area contributed by atoms with Crippen molar-refractivity contribution in [1.29, 1.82) is 0 Å². The molecule has 1 saturated carbocycles. The highest BCUT2D eigenvalue weighted by Gasteiger charge is 2.25. The van der Waals surface area contributed by atoms with Crippen LogP contribution in [0.5, 0.6) is 0 Å². The molecule has 6 heteroatoms. The lowest BCUT2D eigenvalue weighted by Crippen LogP contribution is -2.23. The zero-order valence-corrected chi connectivity index (χ0v) is 5.97. The van der Waals surface area contributed by atoms with E-state index in [1.54, 1.807) is 4.72 Å². The van der Waals surface area contributed by atoms with Gasteiger partial charge in [-0.15, -0.1) is 0 Å². The van der Waals surface area contributed by atoms with Crippen LogP contribution in [-0.4, -0.2) is 20.6 Å². The van der Waals surface area contributed by atoms with Gasteiger partial charge in [0.15, 0.2) is 0 Å². The van der Waals surface area contributed by atoms with Crippen LogP contribution >= 0.6 is 0 Å². The van der Waals surface area contributed by atoms with Gasteiger partial charge in [-0.1, -0.05) is 0 Å². The first-order chi connectivity index (χ1) is 4.68. The maximum Gasteiger partial charge on any atom is 0.420 e. The first-order valence-electron chi connectivity index (χ1n) is 2.80. The summed E-state index contributed by atoms with van der Waals surface area (Å²) in [5, 5.41) is 0. The largest absolute Gasteiger partial charge is 0.446 e. The van der Waals surface area contributed by atoms with E-state index < -0.39 is 17.0 Å². The van der Waals surface area contributed by atoms with Crippen LogP contribution in [0.2, 0.25) is 0 Å². The van der Waals surface area contributed by atoms with Crippen molar-refractivity contribution in [2.45, 2.75) is 18.9 Å². The highest BCUT2D eigenvalue weighted by molar-refractivity contribution is 7.70. The van der Waals surface area contributed by atoms with Gasteiger partial charge in [0.1, 0.15) is 6.10 Å². The molecule has 0 aromatic carbocycles. The summed E-state index contributed by atoms with van der Waals surface area (Å²) in [6.07, 6.45) is 0.736. The van der Waals surface area contributed by atoms with Crippen molar-refractivity contribution >= 4 is 17.0 Å². The van der Waals surface area contributed by atoms with E-state index in [1.165, 1.54) is 0 Å². The van der Waals surface area contributed by atoms with Crippen molar-refractivity contribution in [3.8, 4) is 0 Å². The predicted molar refractivity (Wildman–Crippen MR) is 33.0 cm³/mol. The zero-order chi connectivity index (χ0) is 7.56. The minimum Gasteiger partial charge on any atom is -0.446 e. The number of thiol groups is 1. The van der Waals surface area contributed by atoms with E-state index in [0.29, 0.717) is 0 Å². The van der Waals surface area contributed by atoms with Crippen molar-refractivity contribution in [2.75, 3.05) is 0 Å². The van der Waals surface area contributed by atoms with Gasteiger partial charge >= 0.3 is 6.09 Å². The van der Waals surface area contributed by atoms with Gasteiger partial charge in [-0.25, -0.2) is 17.9 Å². The maximum absolute atomic E-state index is 10.4. The molecular formula is C4H7NO4S. The van der Waals surface area contributed by atoms with Gasteiger partial charge in [-0.05, 0) is 12.8 Å². The molecule has 1 aliphatic carbocycles. The lowest BCUT2D eigenvalue weighted by Gasteiger charge is -1.97. The molecule has 0 aromatic heterocycles.